The van der Waals surface area contributed by atoms with Crippen LogP contribution in [0.1, 0.15) is 63.4 Å². The lowest BCUT2D eigenvalue weighted by Gasteiger charge is -2.24. The third-order valence-corrected chi connectivity index (χ3v) is 5.47. The van der Waals surface area contributed by atoms with Crippen molar-refractivity contribution in [2.45, 2.75) is 63.9 Å². The average Bonchev–Trinajstić information content (AvgIpc) is 2.97. The molecule has 0 saturated heterocycles. The van der Waals surface area contributed by atoms with Gasteiger partial charge in [0.1, 0.15) is 0 Å². The number of aliphatic imine (C=N–C) groups is 1. The molecule has 0 aromatic heterocycles. The summed E-state index contributed by atoms with van der Waals surface area (Å²) >= 11 is 0. The van der Waals surface area contributed by atoms with E-state index in [1.807, 2.05) is 18.2 Å². The molecule has 1 aromatic carbocycles. The third-order valence-electron chi connectivity index (χ3n) is 5.47. The zero-order valence-electron chi connectivity index (χ0n) is 17.0. The highest BCUT2D eigenvalue weighted by Crippen LogP contribution is 2.31. The number of guanidine groups is 1. The normalized spacial score (nSPS) is 20.8. The van der Waals surface area contributed by atoms with Crippen molar-refractivity contribution in [3.05, 3.63) is 29.8 Å². The van der Waals surface area contributed by atoms with Gasteiger partial charge >= 0.3 is 0 Å². The number of amides is 1. The minimum Gasteiger partial charge on any atom is -0.376 e. The number of fused-ring (bicyclic) bond motifs is 1. The summed E-state index contributed by atoms with van der Waals surface area (Å²) in [4.78, 5) is 16.7. The Morgan fingerprint density at radius 3 is 2.75 bits per heavy atom. The second-order valence-corrected chi connectivity index (χ2v) is 7.67. The smallest absolute Gasteiger partial charge is 0.225 e. The Morgan fingerprint density at radius 1 is 1.18 bits per heavy atom. The summed E-state index contributed by atoms with van der Waals surface area (Å²) in [5.41, 5.74) is 2.08. The molecule has 1 aromatic rings. The zero-order valence-corrected chi connectivity index (χ0v) is 17.0. The van der Waals surface area contributed by atoms with E-state index in [-0.39, 0.29) is 11.8 Å². The summed E-state index contributed by atoms with van der Waals surface area (Å²) < 4.78 is 6.05. The molecule has 28 heavy (non-hydrogen) atoms. The van der Waals surface area contributed by atoms with Gasteiger partial charge in [0.15, 0.2) is 5.96 Å². The van der Waals surface area contributed by atoms with E-state index < -0.39 is 0 Å². The van der Waals surface area contributed by atoms with Crippen molar-refractivity contribution in [1.82, 2.24) is 10.6 Å². The van der Waals surface area contributed by atoms with Gasteiger partial charge in [-0.15, -0.1) is 0 Å². The molecule has 1 atom stereocenters. The van der Waals surface area contributed by atoms with Gasteiger partial charge in [0.2, 0.25) is 5.91 Å². The molecule has 1 amide bonds. The predicted octanol–water partition coefficient (Wildman–Crippen LogP) is 3.41. The highest BCUT2D eigenvalue weighted by Gasteiger charge is 2.24. The zero-order chi connectivity index (χ0) is 19.6. The number of ether oxygens (including phenoxy) is 1. The summed E-state index contributed by atoms with van der Waals surface area (Å²) in [5.74, 6) is 0.965. The van der Waals surface area contributed by atoms with E-state index in [4.69, 9.17) is 9.73 Å². The molecule has 3 rings (SSSR count). The van der Waals surface area contributed by atoms with Gasteiger partial charge < -0.3 is 20.7 Å². The molecular formula is C22H34N4O2. The Kier molecular flexibility index (Phi) is 8.15. The molecule has 3 N–H and O–H groups in total. The first-order valence-electron chi connectivity index (χ1n) is 10.8. The van der Waals surface area contributed by atoms with E-state index in [9.17, 15) is 4.79 Å². The molecule has 6 nitrogen and oxygen atoms in total. The van der Waals surface area contributed by atoms with Crippen LogP contribution in [0.3, 0.4) is 0 Å². The summed E-state index contributed by atoms with van der Waals surface area (Å²) in [6, 6.07) is 8.00. The quantitative estimate of drug-likeness (QED) is 0.291. The third kappa shape index (κ3) is 6.23. The minimum absolute atomic E-state index is 0.0636. The molecule has 6 heteroatoms. The van der Waals surface area contributed by atoms with Crippen molar-refractivity contribution in [2.75, 3.05) is 31.6 Å². The lowest BCUT2D eigenvalue weighted by atomic mass is 9.91. The molecule has 1 aliphatic carbocycles. The van der Waals surface area contributed by atoms with Crippen LogP contribution in [0.5, 0.6) is 0 Å². The standard InChI is InChI=1S/C22H34N4O2/c1-2-23-22(24-13-14-28-18-9-5-3-4-6-10-18)25-16-17-15-21(27)26-20-12-8-7-11-19(17)20/h7-8,11-12,17-18H,2-6,9-10,13-16H2,1H3,(H,26,27)(H2,23,24,25). The van der Waals surface area contributed by atoms with E-state index in [2.05, 4.69) is 28.9 Å². The van der Waals surface area contributed by atoms with Crippen molar-refractivity contribution in [1.29, 1.82) is 0 Å². The monoisotopic (exact) mass is 386 g/mol. The van der Waals surface area contributed by atoms with Crippen LogP contribution in [0.25, 0.3) is 0 Å². The maximum atomic E-state index is 12.0. The first kappa shape index (κ1) is 20.6. The number of anilines is 1. The first-order chi connectivity index (χ1) is 13.8. The SMILES string of the molecule is CCNC(=NCC1CC(=O)Nc2ccccc21)NCCOC1CCCCCC1. The van der Waals surface area contributed by atoms with Gasteiger partial charge in [-0.2, -0.15) is 0 Å². The van der Waals surface area contributed by atoms with E-state index in [0.717, 1.165) is 24.7 Å². The van der Waals surface area contributed by atoms with E-state index in [0.29, 0.717) is 25.7 Å². The van der Waals surface area contributed by atoms with Crippen molar-refractivity contribution in [2.24, 2.45) is 4.99 Å². The van der Waals surface area contributed by atoms with Crippen molar-refractivity contribution < 1.29 is 9.53 Å². The van der Waals surface area contributed by atoms with Crippen LogP contribution in [-0.4, -0.2) is 44.2 Å². The molecule has 154 valence electrons. The molecule has 2 aliphatic rings. The number of rotatable bonds is 7. The Bertz CT molecular complexity index is 654. The number of hydrogen-bond donors (Lipinski definition) is 3. The Balaban J connectivity index is 1.49. The maximum Gasteiger partial charge on any atom is 0.225 e. The van der Waals surface area contributed by atoms with Gasteiger partial charge in [-0.05, 0) is 31.4 Å². The van der Waals surface area contributed by atoms with Crippen molar-refractivity contribution in [3.8, 4) is 0 Å². The maximum absolute atomic E-state index is 12.0. The lowest BCUT2D eigenvalue weighted by molar-refractivity contribution is -0.116. The fourth-order valence-electron chi connectivity index (χ4n) is 4.01. The first-order valence-corrected chi connectivity index (χ1v) is 10.8. The van der Waals surface area contributed by atoms with E-state index >= 15 is 0 Å². The Hall–Kier alpha value is -2.08. The highest BCUT2D eigenvalue weighted by atomic mass is 16.5. The second kappa shape index (κ2) is 11.1. The topological polar surface area (TPSA) is 74.8 Å². The van der Waals surface area contributed by atoms with Crippen LogP contribution < -0.4 is 16.0 Å². The minimum atomic E-state index is 0.0636. The van der Waals surface area contributed by atoms with Gasteiger partial charge in [0.05, 0.1) is 19.3 Å². The average molecular weight is 387 g/mol. The lowest BCUT2D eigenvalue weighted by Crippen LogP contribution is -2.39. The molecule has 0 bridgehead atoms. The Morgan fingerprint density at radius 2 is 1.96 bits per heavy atom. The van der Waals surface area contributed by atoms with Gasteiger partial charge in [0, 0.05) is 31.1 Å². The number of carbonyl (C=O) groups is 1. The number of hydrogen-bond acceptors (Lipinski definition) is 3. The number of carbonyl (C=O) groups excluding carboxylic acids is 1. The van der Waals surface area contributed by atoms with Crippen LogP contribution in [0.2, 0.25) is 0 Å². The number of nitrogens with zero attached hydrogens (tertiary/aromatic N) is 1. The van der Waals surface area contributed by atoms with E-state index in [1.165, 1.54) is 44.1 Å². The molecule has 1 heterocycles. The van der Waals surface area contributed by atoms with Crippen LogP contribution >= 0.6 is 0 Å². The molecule has 0 radical (unpaired) electrons. The summed E-state index contributed by atoms with van der Waals surface area (Å²) in [6.45, 7) is 4.89. The molecule has 1 fully saturated rings. The van der Waals surface area contributed by atoms with Crippen molar-refractivity contribution in [3.63, 3.8) is 0 Å². The van der Waals surface area contributed by atoms with Crippen LogP contribution in [0, 0.1) is 0 Å². The number of benzene rings is 1. The summed E-state index contributed by atoms with van der Waals surface area (Å²) in [6.07, 6.45) is 8.55. The number of nitrogens with one attached hydrogen (secondary N) is 3. The van der Waals surface area contributed by atoms with Gasteiger partial charge in [-0.1, -0.05) is 43.9 Å². The van der Waals surface area contributed by atoms with Crippen molar-refractivity contribution >= 4 is 17.6 Å². The fraction of sp³-hybridized carbons (Fsp3) is 0.636. The molecule has 0 spiro atoms. The molecule has 1 aliphatic heterocycles. The van der Waals surface area contributed by atoms with E-state index in [1.54, 1.807) is 0 Å². The highest BCUT2D eigenvalue weighted by molar-refractivity contribution is 5.94. The fourth-order valence-corrected chi connectivity index (χ4v) is 4.01. The summed E-state index contributed by atoms with van der Waals surface area (Å²) in [5, 5.41) is 9.60. The number of para-hydroxylation sites is 1. The van der Waals surface area contributed by atoms with Crippen LogP contribution in [0.4, 0.5) is 5.69 Å². The molecular weight excluding hydrogens is 352 g/mol. The van der Waals surface area contributed by atoms with Gasteiger partial charge in [-0.25, -0.2) is 0 Å². The second-order valence-electron chi connectivity index (χ2n) is 7.67. The largest absolute Gasteiger partial charge is 0.376 e. The van der Waals surface area contributed by atoms with Gasteiger partial charge in [-0.3, -0.25) is 9.79 Å². The van der Waals surface area contributed by atoms with Crippen LogP contribution in [0.15, 0.2) is 29.3 Å². The summed E-state index contributed by atoms with van der Waals surface area (Å²) in [7, 11) is 0. The molecule has 1 saturated carbocycles. The molecule has 1 unspecified atom stereocenters. The predicted molar refractivity (Wildman–Crippen MR) is 114 cm³/mol. The van der Waals surface area contributed by atoms with Gasteiger partial charge in [0.25, 0.3) is 0 Å². The Labute approximate surface area is 168 Å². The van der Waals surface area contributed by atoms with Crippen LogP contribution in [-0.2, 0) is 9.53 Å².